The van der Waals surface area contributed by atoms with Crippen LogP contribution >= 0.6 is 0 Å². The average Bonchev–Trinajstić information content (AvgIpc) is 2.27. The Bertz CT molecular complexity index is 268. The Labute approximate surface area is 107 Å². The van der Waals surface area contributed by atoms with Crippen molar-refractivity contribution in [1.82, 2.24) is 4.90 Å². The number of nitrogens with zero attached hydrogens (tertiary/aromatic N) is 1. The lowest BCUT2D eigenvalue weighted by Crippen LogP contribution is -2.45. The van der Waals surface area contributed by atoms with Crippen molar-refractivity contribution in [3.8, 4) is 0 Å². The normalized spacial score (nSPS) is 29.0. The predicted molar refractivity (Wildman–Crippen MR) is 65.2 cm³/mol. The van der Waals surface area contributed by atoms with Crippen LogP contribution in [0.1, 0.15) is 38.5 Å². The highest BCUT2D eigenvalue weighted by molar-refractivity contribution is 4.90. The van der Waals surface area contributed by atoms with Crippen LogP contribution in [0.4, 0.5) is 13.2 Å². The van der Waals surface area contributed by atoms with Gasteiger partial charge in [0.25, 0.3) is 0 Å². The Kier molecular flexibility index (Phi) is 4.22. The summed E-state index contributed by atoms with van der Waals surface area (Å²) >= 11 is 0. The standard InChI is InChI=1S/C13H23F3N2/c14-13(15,16)11-3-1-7-18(9-11)8-6-12(10-17)4-2-5-12/h11H,1-10,17H2. The summed E-state index contributed by atoms with van der Waals surface area (Å²) in [6, 6.07) is 0. The van der Waals surface area contributed by atoms with Gasteiger partial charge in [0.05, 0.1) is 5.92 Å². The third-order valence-corrected chi connectivity index (χ3v) is 4.77. The van der Waals surface area contributed by atoms with Gasteiger partial charge in [0.15, 0.2) is 0 Å². The Morgan fingerprint density at radius 3 is 2.44 bits per heavy atom. The van der Waals surface area contributed by atoms with Gasteiger partial charge in [-0.3, -0.25) is 0 Å². The maximum atomic E-state index is 12.7. The van der Waals surface area contributed by atoms with Crippen molar-refractivity contribution in [2.75, 3.05) is 26.2 Å². The van der Waals surface area contributed by atoms with Crippen molar-refractivity contribution in [1.29, 1.82) is 0 Å². The van der Waals surface area contributed by atoms with Crippen LogP contribution in [-0.4, -0.2) is 37.3 Å². The van der Waals surface area contributed by atoms with Crippen molar-refractivity contribution in [2.45, 2.75) is 44.7 Å². The second-order valence-electron chi connectivity index (χ2n) is 5.99. The fourth-order valence-electron chi connectivity index (χ4n) is 3.15. The molecule has 0 spiro atoms. The lowest BCUT2D eigenvalue weighted by atomic mass is 9.66. The minimum Gasteiger partial charge on any atom is -0.330 e. The van der Waals surface area contributed by atoms with E-state index >= 15 is 0 Å². The molecule has 0 radical (unpaired) electrons. The summed E-state index contributed by atoms with van der Waals surface area (Å²) in [4.78, 5) is 1.98. The summed E-state index contributed by atoms with van der Waals surface area (Å²) < 4.78 is 38.1. The molecule has 1 aliphatic heterocycles. The van der Waals surface area contributed by atoms with E-state index in [9.17, 15) is 13.2 Å². The molecule has 0 aromatic carbocycles. The third kappa shape index (κ3) is 3.18. The van der Waals surface area contributed by atoms with Gasteiger partial charge in [-0.25, -0.2) is 0 Å². The van der Waals surface area contributed by atoms with Gasteiger partial charge in [-0.2, -0.15) is 13.2 Å². The summed E-state index contributed by atoms with van der Waals surface area (Å²) in [7, 11) is 0. The van der Waals surface area contributed by atoms with Gasteiger partial charge in [0.1, 0.15) is 0 Å². The molecule has 2 aliphatic rings. The fourth-order valence-corrected chi connectivity index (χ4v) is 3.15. The van der Waals surface area contributed by atoms with E-state index in [0.29, 0.717) is 19.4 Å². The summed E-state index contributed by atoms with van der Waals surface area (Å²) in [6.07, 6.45) is 1.43. The molecule has 1 saturated carbocycles. The number of piperidine rings is 1. The molecule has 0 amide bonds. The van der Waals surface area contributed by atoms with Crippen LogP contribution in [0.3, 0.4) is 0 Å². The number of likely N-dealkylation sites (tertiary alicyclic amines) is 1. The highest BCUT2D eigenvalue weighted by Crippen LogP contribution is 2.43. The van der Waals surface area contributed by atoms with E-state index in [1.807, 2.05) is 4.90 Å². The SMILES string of the molecule is NCC1(CCN2CCCC(C(F)(F)F)C2)CCC1. The quantitative estimate of drug-likeness (QED) is 0.846. The zero-order chi connectivity index (χ0) is 13.2. The van der Waals surface area contributed by atoms with Crippen molar-refractivity contribution in [3.63, 3.8) is 0 Å². The van der Waals surface area contributed by atoms with Crippen molar-refractivity contribution in [2.24, 2.45) is 17.1 Å². The monoisotopic (exact) mass is 264 g/mol. The molecular weight excluding hydrogens is 241 g/mol. The molecule has 1 aliphatic carbocycles. The lowest BCUT2D eigenvalue weighted by Gasteiger charge is -2.43. The minimum atomic E-state index is -4.03. The molecule has 2 fully saturated rings. The first-order valence-corrected chi connectivity index (χ1v) is 6.94. The number of nitrogens with two attached hydrogens (primary N) is 1. The lowest BCUT2D eigenvalue weighted by molar-refractivity contribution is -0.187. The molecule has 18 heavy (non-hydrogen) atoms. The van der Waals surface area contributed by atoms with Crippen LogP contribution in [0.5, 0.6) is 0 Å². The topological polar surface area (TPSA) is 29.3 Å². The first-order valence-electron chi connectivity index (χ1n) is 6.94. The Balaban J connectivity index is 1.79. The van der Waals surface area contributed by atoms with E-state index < -0.39 is 12.1 Å². The molecule has 1 unspecified atom stereocenters. The van der Waals surface area contributed by atoms with E-state index in [-0.39, 0.29) is 12.0 Å². The summed E-state index contributed by atoms with van der Waals surface area (Å²) in [5.41, 5.74) is 6.02. The van der Waals surface area contributed by atoms with Gasteiger partial charge in [-0.15, -0.1) is 0 Å². The zero-order valence-electron chi connectivity index (χ0n) is 10.8. The predicted octanol–water partition coefficient (Wildman–Crippen LogP) is 2.78. The fraction of sp³-hybridized carbons (Fsp3) is 1.00. The number of hydrogen-bond acceptors (Lipinski definition) is 2. The van der Waals surface area contributed by atoms with Crippen molar-refractivity contribution >= 4 is 0 Å². The van der Waals surface area contributed by atoms with Gasteiger partial charge in [0, 0.05) is 6.54 Å². The number of hydrogen-bond donors (Lipinski definition) is 1. The van der Waals surface area contributed by atoms with Crippen LogP contribution in [-0.2, 0) is 0 Å². The average molecular weight is 264 g/mol. The summed E-state index contributed by atoms with van der Waals surface area (Å²) in [5.74, 6) is -1.12. The Morgan fingerprint density at radius 1 is 1.22 bits per heavy atom. The third-order valence-electron chi connectivity index (χ3n) is 4.77. The van der Waals surface area contributed by atoms with Crippen LogP contribution in [0, 0.1) is 11.3 Å². The van der Waals surface area contributed by atoms with E-state index in [1.165, 1.54) is 6.42 Å². The minimum absolute atomic E-state index is 0.185. The largest absolute Gasteiger partial charge is 0.393 e. The summed E-state index contributed by atoms with van der Waals surface area (Å²) in [6.45, 7) is 2.46. The first-order chi connectivity index (χ1) is 8.45. The molecule has 0 bridgehead atoms. The second-order valence-corrected chi connectivity index (χ2v) is 5.99. The Morgan fingerprint density at radius 2 is 1.94 bits per heavy atom. The molecule has 0 aromatic rings. The van der Waals surface area contributed by atoms with Crippen molar-refractivity contribution in [3.05, 3.63) is 0 Å². The van der Waals surface area contributed by atoms with Crippen LogP contribution < -0.4 is 5.73 Å². The van der Waals surface area contributed by atoms with Gasteiger partial charge >= 0.3 is 6.18 Å². The van der Waals surface area contributed by atoms with Crippen LogP contribution in [0.25, 0.3) is 0 Å². The maximum absolute atomic E-state index is 12.7. The van der Waals surface area contributed by atoms with Crippen LogP contribution in [0.2, 0.25) is 0 Å². The van der Waals surface area contributed by atoms with Gasteiger partial charge < -0.3 is 10.6 Å². The molecule has 106 valence electrons. The molecule has 5 heteroatoms. The van der Waals surface area contributed by atoms with E-state index in [2.05, 4.69) is 0 Å². The van der Waals surface area contributed by atoms with Crippen molar-refractivity contribution < 1.29 is 13.2 Å². The van der Waals surface area contributed by atoms with Gasteiger partial charge in [-0.1, -0.05) is 6.42 Å². The molecule has 0 aromatic heterocycles. The first kappa shape index (κ1) is 14.1. The second kappa shape index (κ2) is 5.37. The van der Waals surface area contributed by atoms with E-state index in [0.717, 1.165) is 32.4 Å². The molecule has 1 heterocycles. The summed E-state index contributed by atoms with van der Waals surface area (Å²) in [5, 5.41) is 0. The molecule has 2 N–H and O–H groups in total. The van der Waals surface area contributed by atoms with E-state index in [4.69, 9.17) is 5.73 Å². The smallest absolute Gasteiger partial charge is 0.330 e. The van der Waals surface area contributed by atoms with Crippen LogP contribution in [0.15, 0.2) is 0 Å². The number of alkyl halides is 3. The zero-order valence-corrected chi connectivity index (χ0v) is 10.8. The molecule has 2 rings (SSSR count). The Hall–Kier alpha value is -0.290. The highest BCUT2D eigenvalue weighted by Gasteiger charge is 2.42. The van der Waals surface area contributed by atoms with Gasteiger partial charge in [0.2, 0.25) is 0 Å². The molecule has 1 saturated heterocycles. The van der Waals surface area contributed by atoms with E-state index in [1.54, 1.807) is 0 Å². The number of halogens is 3. The molecular formula is C13H23F3N2. The maximum Gasteiger partial charge on any atom is 0.393 e. The molecule has 2 nitrogen and oxygen atoms in total. The van der Waals surface area contributed by atoms with Gasteiger partial charge in [-0.05, 0) is 57.2 Å². The molecule has 1 atom stereocenters. The highest BCUT2D eigenvalue weighted by atomic mass is 19.4. The number of rotatable bonds is 4.